The minimum atomic E-state index is -0.910. The van der Waals surface area contributed by atoms with Crippen LogP contribution in [0, 0.1) is 17.8 Å². The van der Waals surface area contributed by atoms with E-state index >= 15 is 0 Å². The van der Waals surface area contributed by atoms with Gasteiger partial charge in [-0.3, -0.25) is 9.59 Å². The fourth-order valence-corrected chi connectivity index (χ4v) is 5.06. The van der Waals surface area contributed by atoms with E-state index in [4.69, 9.17) is 4.74 Å². The van der Waals surface area contributed by atoms with Gasteiger partial charge in [0.15, 0.2) is 0 Å². The first kappa shape index (κ1) is 23.4. The maximum atomic E-state index is 12.2. The highest BCUT2D eigenvalue weighted by molar-refractivity contribution is 5.94. The summed E-state index contributed by atoms with van der Waals surface area (Å²) in [7, 11) is 0. The van der Waals surface area contributed by atoms with Gasteiger partial charge in [0.2, 0.25) is 0 Å². The van der Waals surface area contributed by atoms with Gasteiger partial charge in [0.1, 0.15) is 6.61 Å². The van der Waals surface area contributed by atoms with Gasteiger partial charge in [-0.1, -0.05) is 67.3 Å². The summed E-state index contributed by atoms with van der Waals surface area (Å²) in [5, 5.41) is 14.8. The molecule has 2 aliphatic rings. The van der Waals surface area contributed by atoms with Crippen molar-refractivity contribution < 1.29 is 24.2 Å². The van der Waals surface area contributed by atoms with Gasteiger partial charge in [0.25, 0.3) is 5.91 Å². The highest BCUT2D eigenvalue weighted by atomic mass is 16.5. The fourth-order valence-electron chi connectivity index (χ4n) is 5.06. The zero-order valence-corrected chi connectivity index (χ0v) is 19.1. The molecule has 7 nitrogen and oxygen atoms in total. The second-order valence-corrected chi connectivity index (χ2v) is 8.99. The van der Waals surface area contributed by atoms with E-state index in [2.05, 4.69) is 34.6 Å². The molecule has 176 valence electrons. The Bertz CT molecular complexity index is 1120. The molecule has 1 saturated carbocycles. The Hall–Kier alpha value is -3.79. The highest BCUT2D eigenvalue weighted by Gasteiger charge is 2.42. The fraction of sp³-hybridized carbons (Fsp3) is 0.370. The number of rotatable bonds is 5. The Labute approximate surface area is 198 Å². The van der Waals surface area contributed by atoms with Crippen LogP contribution in [0.25, 0.3) is 11.1 Å². The quantitative estimate of drug-likeness (QED) is 0.591. The zero-order chi connectivity index (χ0) is 24.1. The summed E-state index contributed by atoms with van der Waals surface area (Å²) >= 11 is 0. The Morgan fingerprint density at radius 3 is 2.35 bits per heavy atom. The summed E-state index contributed by atoms with van der Waals surface area (Å²) in [6.07, 6.45) is 2.20. The van der Waals surface area contributed by atoms with Crippen LogP contribution in [0.4, 0.5) is 4.79 Å². The molecule has 0 heterocycles. The van der Waals surface area contributed by atoms with Crippen molar-refractivity contribution in [2.24, 2.45) is 5.92 Å². The first-order valence-corrected chi connectivity index (χ1v) is 11.5. The number of amides is 2. The van der Waals surface area contributed by atoms with Crippen molar-refractivity contribution >= 4 is 18.0 Å². The maximum Gasteiger partial charge on any atom is 0.407 e. The first-order chi connectivity index (χ1) is 16.4. The van der Waals surface area contributed by atoms with Gasteiger partial charge in [-0.05, 0) is 47.9 Å². The molecular weight excluding hydrogens is 432 g/mol. The Morgan fingerprint density at radius 2 is 1.71 bits per heavy atom. The molecule has 7 heteroatoms. The van der Waals surface area contributed by atoms with E-state index in [1.54, 1.807) is 6.92 Å². The molecule has 0 saturated heterocycles. The minimum absolute atomic E-state index is 0.0339. The molecule has 1 fully saturated rings. The molecule has 34 heavy (non-hydrogen) atoms. The molecule has 4 rings (SSSR count). The molecule has 2 aromatic carbocycles. The van der Waals surface area contributed by atoms with Crippen molar-refractivity contribution in [1.29, 1.82) is 0 Å². The number of benzene rings is 2. The second-order valence-electron chi connectivity index (χ2n) is 8.99. The summed E-state index contributed by atoms with van der Waals surface area (Å²) in [5.41, 5.74) is 3.74. The first-order valence-electron chi connectivity index (χ1n) is 11.5. The average molecular weight is 461 g/mol. The van der Waals surface area contributed by atoms with E-state index in [1.807, 2.05) is 36.4 Å². The molecule has 0 spiro atoms. The number of carbonyl (C=O) groups excluding carboxylic acids is 2. The topological polar surface area (TPSA) is 105 Å². The maximum absolute atomic E-state index is 12.2. The Morgan fingerprint density at radius 1 is 1.06 bits per heavy atom. The number of ether oxygens (including phenoxy) is 1. The minimum Gasteiger partial charge on any atom is -0.481 e. The van der Waals surface area contributed by atoms with Crippen LogP contribution < -0.4 is 10.6 Å². The van der Waals surface area contributed by atoms with Crippen LogP contribution in [0.2, 0.25) is 0 Å². The van der Waals surface area contributed by atoms with Crippen molar-refractivity contribution in [2.45, 2.75) is 44.1 Å². The van der Waals surface area contributed by atoms with Crippen molar-refractivity contribution in [3.05, 3.63) is 59.7 Å². The smallest absolute Gasteiger partial charge is 0.407 e. The van der Waals surface area contributed by atoms with Crippen LogP contribution in [0.1, 0.15) is 49.7 Å². The Kier molecular flexibility index (Phi) is 6.87. The average Bonchev–Trinajstić information content (AvgIpc) is 3.14. The molecule has 2 aliphatic carbocycles. The predicted octanol–water partition coefficient (Wildman–Crippen LogP) is 3.68. The van der Waals surface area contributed by atoms with Crippen LogP contribution in [-0.2, 0) is 14.3 Å². The van der Waals surface area contributed by atoms with Crippen LogP contribution >= 0.6 is 0 Å². The highest BCUT2D eigenvalue weighted by Crippen LogP contribution is 2.44. The third-order valence-electron chi connectivity index (χ3n) is 6.77. The van der Waals surface area contributed by atoms with Crippen LogP contribution in [0.5, 0.6) is 0 Å². The normalized spacial score (nSPS) is 20.8. The van der Waals surface area contributed by atoms with E-state index in [-0.39, 0.29) is 19.1 Å². The molecule has 2 amide bonds. The predicted molar refractivity (Wildman–Crippen MR) is 127 cm³/mol. The Balaban J connectivity index is 1.27. The van der Waals surface area contributed by atoms with E-state index in [0.29, 0.717) is 12.8 Å². The standard InChI is InChI=1S/C27H28N2O5/c1-27(15-7-6-13-23(27)25(31)32)29-24(30)14-8-16-28-26(33)34-17-22-20-11-4-2-9-18(20)19-10-3-5-12-21(19)22/h2-5,9-12,22-23H,6-7,13,15-17H2,1H3,(H,28,33)(H,29,30)(H,31,32). The molecule has 3 N–H and O–H groups in total. The molecular formula is C27H28N2O5. The van der Waals surface area contributed by atoms with E-state index < -0.39 is 29.4 Å². The van der Waals surface area contributed by atoms with Gasteiger partial charge < -0.3 is 20.5 Å². The lowest BCUT2D eigenvalue weighted by atomic mass is 9.74. The van der Waals surface area contributed by atoms with Crippen molar-refractivity contribution in [1.82, 2.24) is 10.6 Å². The van der Waals surface area contributed by atoms with Crippen LogP contribution in [-0.4, -0.2) is 41.8 Å². The second kappa shape index (κ2) is 10.0. The number of carboxylic acid groups (broad SMARTS) is 1. The number of hydrogen-bond acceptors (Lipinski definition) is 4. The molecule has 0 aliphatic heterocycles. The van der Waals surface area contributed by atoms with Gasteiger partial charge in [-0.25, -0.2) is 4.79 Å². The summed E-state index contributed by atoms with van der Waals surface area (Å²) in [6.45, 7) is 1.89. The SMILES string of the molecule is CC1(NC(=O)C#CCNC(=O)OCC2c3ccccc3-c3ccccc32)CCCCC1C(=O)O. The van der Waals surface area contributed by atoms with E-state index in [0.717, 1.165) is 35.1 Å². The number of hydrogen-bond donors (Lipinski definition) is 3. The summed E-state index contributed by atoms with van der Waals surface area (Å²) in [6, 6.07) is 16.2. The van der Waals surface area contributed by atoms with Gasteiger partial charge in [-0.15, -0.1) is 0 Å². The third kappa shape index (κ3) is 4.91. The van der Waals surface area contributed by atoms with Crippen molar-refractivity contribution in [2.75, 3.05) is 13.2 Å². The number of carboxylic acids is 1. The summed E-state index contributed by atoms with van der Waals surface area (Å²) in [4.78, 5) is 36.0. The van der Waals surface area contributed by atoms with Gasteiger partial charge in [0.05, 0.1) is 18.0 Å². The summed E-state index contributed by atoms with van der Waals surface area (Å²) < 4.78 is 5.44. The zero-order valence-electron chi connectivity index (χ0n) is 19.1. The molecule has 0 aromatic heterocycles. The number of nitrogens with one attached hydrogen (secondary N) is 2. The molecule has 2 aromatic rings. The van der Waals surface area contributed by atoms with E-state index in [9.17, 15) is 19.5 Å². The van der Waals surface area contributed by atoms with Crippen molar-refractivity contribution in [3.63, 3.8) is 0 Å². The third-order valence-corrected chi connectivity index (χ3v) is 6.77. The molecule has 0 bridgehead atoms. The molecule has 0 radical (unpaired) electrons. The largest absolute Gasteiger partial charge is 0.481 e. The van der Waals surface area contributed by atoms with Gasteiger partial charge >= 0.3 is 12.1 Å². The van der Waals surface area contributed by atoms with E-state index in [1.165, 1.54) is 0 Å². The lowest BCUT2D eigenvalue weighted by molar-refractivity contribution is -0.146. The van der Waals surface area contributed by atoms with Crippen LogP contribution in [0.15, 0.2) is 48.5 Å². The van der Waals surface area contributed by atoms with Gasteiger partial charge in [-0.2, -0.15) is 0 Å². The summed E-state index contributed by atoms with van der Waals surface area (Å²) in [5.74, 6) is 2.91. The lowest BCUT2D eigenvalue weighted by Gasteiger charge is -2.39. The van der Waals surface area contributed by atoms with Crippen LogP contribution in [0.3, 0.4) is 0 Å². The number of fused-ring (bicyclic) bond motifs is 3. The number of alkyl carbamates (subject to hydrolysis) is 1. The lowest BCUT2D eigenvalue weighted by Crippen LogP contribution is -2.55. The van der Waals surface area contributed by atoms with Gasteiger partial charge in [0, 0.05) is 5.92 Å². The van der Waals surface area contributed by atoms with Crippen molar-refractivity contribution in [3.8, 4) is 23.0 Å². The number of aliphatic carboxylic acids is 1. The molecule has 2 unspecified atom stereocenters. The number of carbonyl (C=O) groups is 3. The molecule has 2 atom stereocenters. The monoisotopic (exact) mass is 460 g/mol.